The zero-order chi connectivity index (χ0) is 19.7. The number of ketones is 1. The Balaban J connectivity index is 1.98. The lowest BCUT2D eigenvalue weighted by molar-refractivity contribution is -0.385. The van der Waals surface area contributed by atoms with Crippen LogP contribution in [-0.2, 0) is 4.79 Å². The molecule has 1 atom stereocenters. The van der Waals surface area contributed by atoms with Gasteiger partial charge in [0.2, 0.25) is 0 Å². The molecule has 0 fully saturated rings. The van der Waals surface area contributed by atoms with E-state index < -0.39 is 22.3 Å². The van der Waals surface area contributed by atoms with Gasteiger partial charge in [0.1, 0.15) is 5.75 Å². The zero-order valence-electron chi connectivity index (χ0n) is 14.7. The number of benzene rings is 1. The number of anilines is 1. The molecule has 1 aliphatic heterocycles. The molecule has 0 N–H and O–H groups in total. The molecule has 0 bridgehead atoms. The fraction of sp³-hybridized carbons (Fsp3) is 0.278. The number of Topliss-reactive ketones (excluding diaryl/α,β-unsaturated/α-hetero) is 1. The summed E-state index contributed by atoms with van der Waals surface area (Å²) in [6.07, 6.45) is 1.05. The van der Waals surface area contributed by atoms with E-state index in [9.17, 15) is 24.5 Å². The summed E-state index contributed by atoms with van der Waals surface area (Å²) >= 11 is 0. The summed E-state index contributed by atoms with van der Waals surface area (Å²) in [5.41, 5.74) is -0.0430. The fourth-order valence-corrected chi connectivity index (χ4v) is 2.97. The quantitative estimate of drug-likeness (QED) is 0.451. The maximum atomic E-state index is 12.9. The van der Waals surface area contributed by atoms with Crippen molar-refractivity contribution in [3.05, 3.63) is 62.6 Å². The number of nitro groups is 1. The zero-order valence-corrected chi connectivity index (χ0v) is 14.7. The first-order valence-electron chi connectivity index (χ1n) is 8.31. The number of pyridine rings is 1. The molecule has 2 aromatic rings. The number of carbonyl (C=O) groups is 2. The van der Waals surface area contributed by atoms with Crippen LogP contribution in [0.4, 0.5) is 11.4 Å². The first-order chi connectivity index (χ1) is 12.8. The van der Waals surface area contributed by atoms with Crippen molar-refractivity contribution < 1.29 is 19.2 Å². The Kier molecular flexibility index (Phi) is 4.76. The average molecular weight is 371 g/mol. The fourth-order valence-electron chi connectivity index (χ4n) is 2.97. The first kappa shape index (κ1) is 18.3. The van der Waals surface area contributed by atoms with Crippen LogP contribution in [0.15, 0.2) is 41.3 Å². The number of carbonyl (C=O) groups excluding carboxylic acids is 2. The number of likely N-dealkylation sites (N-methyl/N-ethyl adjacent to an activating group) is 1. The number of ether oxygens (including phenoxy) is 1. The molecule has 27 heavy (non-hydrogen) atoms. The highest BCUT2D eigenvalue weighted by atomic mass is 16.6. The molecule has 3 rings (SSSR count). The smallest absolute Gasteiger partial charge is 0.285 e. The number of hydrogen-bond acceptors (Lipinski definition) is 6. The molecule has 140 valence electrons. The number of fused-ring (bicyclic) bond motifs is 1. The van der Waals surface area contributed by atoms with Gasteiger partial charge >= 0.3 is 0 Å². The number of hydrogen-bond donors (Lipinski definition) is 0. The second kappa shape index (κ2) is 7.02. The van der Waals surface area contributed by atoms with E-state index in [1.54, 1.807) is 12.1 Å². The van der Waals surface area contributed by atoms with E-state index in [1.807, 2.05) is 6.92 Å². The summed E-state index contributed by atoms with van der Waals surface area (Å²) in [4.78, 5) is 48.7. The molecule has 9 nitrogen and oxygen atoms in total. The molecule has 1 unspecified atom stereocenters. The van der Waals surface area contributed by atoms with Gasteiger partial charge in [-0.1, -0.05) is 0 Å². The number of nitrogens with zero attached hydrogens (tertiary/aromatic N) is 3. The summed E-state index contributed by atoms with van der Waals surface area (Å²) in [6.45, 7) is 3.67. The molecule has 0 saturated carbocycles. The molecule has 0 radical (unpaired) electrons. The van der Waals surface area contributed by atoms with E-state index >= 15 is 0 Å². The Bertz CT molecular complexity index is 997. The largest absolute Gasteiger partial charge is 0.482 e. The van der Waals surface area contributed by atoms with E-state index in [0.29, 0.717) is 18.0 Å². The van der Waals surface area contributed by atoms with Gasteiger partial charge in [-0.3, -0.25) is 29.1 Å². The summed E-state index contributed by atoms with van der Waals surface area (Å²) in [7, 11) is 0. The topological polar surface area (TPSA) is 112 Å². The van der Waals surface area contributed by atoms with Crippen LogP contribution in [0, 0.1) is 10.1 Å². The average Bonchev–Trinajstić information content (AvgIpc) is 2.66. The molecule has 9 heteroatoms. The third-order valence-corrected chi connectivity index (χ3v) is 4.43. The minimum atomic E-state index is -0.953. The van der Waals surface area contributed by atoms with E-state index in [0.717, 1.165) is 22.9 Å². The van der Waals surface area contributed by atoms with Gasteiger partial charge in [-0.05, 0) is 32.0 Å². The minimum absolute atomic E-state index is 0.0619. The normalized spacial score (nSPS) is 14.3. The molecule has 1 aromatic carbocycles. The predicted molar refractivity (Wildman–Crippen MR) is 96.4 cm³/mol. The maximum absolute atomic E-state index is 12.9. The summed E-state index contributed by atoms with van der Waals surface area (Å²) in [6, 6.07) is 5.88. The number of aromatic nitrogens is 1. The van der Waals surface area contributed by atoms with Gasteiger partial charge in [0.25, 0.3) is 17.2 Å². The van der Waals surface area contributed by atoms with Gasteiger partial charge in [0.15, 0.2) is 12.4 Å². The van der Waals surface area contributed by atoms with E-state index in [4.69, 9.17) is 4.74 Å². The second-order valence-electron chi connectivity index (χ2n) is 6.04. The van der Waals surface area contributed by atoms with Crippen LogP contribution < -0.4 is 15.2 Å². The van der Waals surface area contributed by atoms with Crippen LogP contribution in [0.2, 0.25) is 0 Å². The Morgan fingerprint density at radius 3 is 2.70 bits per heavy atom. The molecule has 0 saturated heterocycles. The van der Waals surface area contributed by atoms with Crippen molar-refractivity contribution in [1.29, 1.82) is 0 Å². The number of amides is 1. The van der Waals surface area contributed by atoms with Crippen LogP contribution >= 0.6 is 0 Å². The highest BCUT2D eigenvalue weighted by Gasteiger charge is 2.27. The van der Waals surface area contributed by atoms with Crippen LogP contribution in [0.3, 0.4) is 0 Å². The van der Waals surface area contributed by atoms with Crippen molar-refractivity contribution >= 4 is 23.1 Å². The molecule has 0 spiro atoms. The van der Waals surface area contributed by atoms with Crippen molar-refractivity contribution in [1.82, 2.24) is 4.57 Å². The highest BCUT2D eigenvalue weighted by molar-refractivity contribution is 6.03. The summed E-state index contributed by atoms with van der Waals surface area (Å²) in [5.74, 6) is -0.125. The molecule has 0 aliphatic carbocycles. The van der Waals surface area contributed by atoms with Crippen molar-refractivity contribution in [3.8, 4) is 5.75 Å². The lowest BCUT2D eigenvalue weighted by atomic mass is 10.0. The third-order valence-electron chi connectivity index (χ3n) is 4.43. The molecule has 2 heterocycles. The van der Waals surface area contributed by atoms with E-state index in [-0.39, 0.29) is 23.8 Å². The SMILES string of the molecule is CCN1C(=O)COc2ccc(C(=O)C(C)n3cc([N+](=O)[O-])ccc3=O)cc21. The third kappa shape index (κ3) is 3.31. The predicted octanol–water partition coefficient (Wildman–Crippen LogP) is 1.95. The Morgan fingerprint density at radius 1 is 1.30 bits per heavy atom. The van der Waals surface area contributed by atoms with Crippen LogP contribution in [0.1, 0.15) is 30.2 Å². The van der Waals surface area contributed by atoms with Crippen molar-refractivity contribution in [2.45, 2.75) is 19.9 Å². The monoisotopic (exact) mass is 371 g/mol. The van der Waals surface area contributed by atoms with Crippen molar-refractivity contribution in [3.63, 3.8) is 0 Å². The van der Waals surface area contributed by atoms with Crippen molar-refractivity contribution in [2.24, 2.45) is 0 Å². The molecule has 1 aliphatic rings. The first-order valence-corrected chi connectivity index (χ1v) is 8.31. The van der Waals surface area contributed by atoms with E-state index in [1.165, 1.54) is 17.9 Å². The Hall–Kier alpha value is -3.49. The summed E-state index contributed by atoms with van der Waals surface area (Å²) < 4.78 is 6.40. The van der Waals surface area contributed by atoms with Gasteiger partial charge in [0, 0.05) is 24.2 Å². The lowest BCUT2D eigenvalue weighted by Crippen LogP contribution is -2.38. The molecular formula is C18H17N3O6. The van der Waals surface area contributed by atoms with E-state index in [2.05, 4.69) is 0 Å². The minimum Gasteiger partial charge on any atom is -0.482 e. The molecule has 1 amide bonds. The maximum Gasteiger partial charge on any atom is 0.285 e. The summed E-state index contributed by atoms with van der Waals surface area (Å²) in [5, 5.41) is 10.9. The van der Waals surface area contributed by atoms with Gasteiger partial charge in [-0.15, -0.1) is 0 Å². The highest BCUT2D eigenvalue weighted by Crippen LogP contribution is 2.33. The number of rotatable bonds is 5. The standard InChI is InChI=1S/C18H17N3O6/c1-3-19-14-8-12(4-6-15(14)27-10-17(19)23)18(24)11(2)20-9-13(21(25)26)5-7-16(20)22/h4-9,11H,3,10H2,1-2H3. The Morgan fingerprint density at radius 2 is 2.04 bits per heavy atom. The van der Waals surface area contributed by atoms with Crippen LogP contribution in [-0.4, -0.2) is 34.3 Å². The molecule has 1 aromatic heterocycles. The van der Waals surface area contributed by atoms with Gasteiger partial charge in [0.05, 0.1) is 22.8 Å². The van der Waals surface area contributed by atoms with Crippen LogP contribution in [0.5, 0.6) is 5.75 Å². The molecular weight excluding hydrogens is 354 g/mol. The van der Waals surface area contributed by atoms with Gasteiger partial charge in [-0.2, -0.15) is 0 Å². The van der Waals surface area contributed by atoms with Gasteiger partial charge < -0.3 is 9.64 Å². The second-order valence-corrected chi connectivity index (χ2v) is 6.04. The lowest BCUT2D eigenvalue weighted by Gasteiger charge is -2.28. The van der Waals surface area contributed by atoms with Crippen molar-refractivity contribution in [2.75, 3.05) is 18.1 Å². The van der Waals surface area contributed by atoms with Gasteiger partial charge in [-0.25, -0.2) is 0 Å². The Labute approximate surface area is 153 Å². The van der Waals surface area contributed by atoms with Crippen LogP contribution in [0.25, 0.3) is 0 Å².